The molecule has 0 unspecified atom stereocenters. The first-order valence-corrected chi connectivity index (χ1v) is 7.97. The third kappa shape index (κ3) is 3.25. The maximum atomic E-state index is 12.2. The van der Waals surface area contributed by atoms with Crippen molar-refractivity contribution in [3.05, 3.63) is 66.4 Å². The third-order valence-corrected chi connectivity index (χ3v) is 3.87. The van der Waals surface area contributed by atoms with Crippen molar-refractivity contribution in [3.63, 3.8) is 0 Å². The van der Waals surface area contributed by atoms with Crippen molar-refractivity contribution in [3.8, 4) is 11.3 Å². The summed E-state index contributed by atoms with van der Waals surface area (Å²) in [6, 6.07) is 13.3. The molecule has 0 bridgehead atoms. The quantitative estimate of drug-likeness (QED) is 0.522. The lowest BCUT2D eigenvalue weighted by Gasteiger charge is -2.01. The fraction of sp³-hybridized carbons (Fsp3) is 0.111. The SMILES string of the molecule is O=C(NCCc1nc2ccccc2[nH]1)c1cc(-c2cccnc2)n[nH]1. The van der Waals surface area contributed by atoms with Crippen molar-refractivity contribution in [2.24, 2.45) is 0 Å². The average molecular weight is 332 g/mol. The highest BCUT2D eigenvalue weighted by atomic mass is 16.1. The number of carbonyl (C=O) groups excluding carboxylic acids is 1. The number of hydrogen-bond acceptors (Lipinski definition) is 4. The van der Waals surface area contributed by atoms with E-state index in [9.17, 15) is 4.79 Å². The zero-order chi connectivity index (χ0) is 17.1. The van der Waals surface area contributed by atoms with E-state index >= 15 is 0 Å². The van der Waals surface area contributed by atoms with Gasteiger partial charge < -0.3 is 10.3 Å². The van der Waals surface area contributed by atoms with Crippen LogP contribution >= 0.6 is 0 Å². The first-order valence-electron chi connectivity index (χ1n) is 7.97. The Kier molecular flexibility index (Phi) is 3.96. The monoisotopic (exact) mass is 332 g/mol. The van der Waals surface area contributed by atoms with Crippen LogP contribution in [0.5, 0.6) is 0 Å². The lowest BCUT2D eigenvalue weighted by molar-refractivity contribution is 0.0949. The molecular formula is C18H16N6O. The summed E-state index contributed by atoms with van der Waals surface area (Å²) in [7, 11) is 0. The van der Waals surface area contributed by atoms with Crippen LogP contribution < -0.4 is 5.32 Å². The zero-order valence-electron chi connectivity index (χ0n) is 13.4. The van der Waals surface area contributed by atoms with Crippen molar-refractivity contribution >= 4 is 16.9 Å². The molecule has 3 N–H and O–H groups in total. The summed E-state index contributed by atoms with van der Waals surface area (Å²) in [6.07, 6.45) is 4.03. The second-order valence-electron chi connectivity index (χ2n) is 5.62. The van der Waals surface area contributed by atoms with Gasteiger partial charge in [0, 0.05) is 30.9 Å². The minimum absolute atomic E-state index is 0.196. The van der Waals surface area contributed by atoms with Gasteiger partial charge in [-0.05, 0) is 30.3 Å². The summed E-state index contributed by atoms with van der Waals surface area (Å²) < 4.78 is 0. The Morgan fingerprint density at radius 1 is 1.16 bits per heavy atom. The maximum absolute atomic E-state index is 12.2. The van der Waals surface area contributed by atoms with E-state index in [0.29, 0.717) is 24.4 Å². The van der Waals surface area contributed by atoms with Crippen LogP contribution in [0.3, 0.4) is 0 Å². The molecule has 0 aliphatic carbocycles. The summed E-state index contributed by atoms with van der Waals surface area (Å²) in [5.41, 5.74) is 3.90. The van der Waals surface area contributed by atoms with Gasteiger partial charge in [0.2, 0.25) is 0 Å². The van der Waals surface area contributed by atoms with Gasteiger partial charge >= 0.3 is 0 Å². The minimum Gasteiger partial charge on any atom is -0.350 e. The molecule has 0 radical (unpaired) electrons. The molecule has 1 amide bonds. The van der Waals surface area contributed by atoms with Crippen molar-refractivity contribution in [1.29, 1.82) is 0 Å². The van der Waals surface area contributed by atoms with Crippen molar-refractivity contribution < 1.29 is 4.79 Å². The predicted molar refractivity (Wildman–Crippen MR) is 93.9 cm³/mol. The molecule has 0 aliphatic rings. The summed E-state index contributed by atoms with van der Waals surface area (Å²) in [6.45, 7) is 0.486. The van der Waals surface area contributed by atoms with Crippen LogP contribution in [0.15, 0.2) is 54.9 Å². The van der Waals surface area contributed by atoms with Gasteiger partial charge in [-0.15, -0.1) is 0 Å². The Morgan fingerprint density at radius 3 is 2.92 bits per heavy atom. The number of nitrogens with one attached hydrogen (secondary N) is 3. The maximum Gasteiger partial charge on any atom is 0.269 e. The number of pyridine rings is 1. The van der Waals surface area contributed by atoms with Gasteiger partial charge in [0.1, 0.15) is 11.5 Å². The lowest BCUT2D eigenvalue weighted by atomic mass is 10.2. The number of rotatable bonds is 5. The summed E-state index contributed by atoms with van der Waals surface area (Å²) in [4.78, 5) is 24.0. The summed E-state index contributed by atoms with van der Waals surface area (Å²) >= 11 is 0. The van der Waals surface area contributed by atoms with Crippen LogP contribution in [0.4, 0.5) is 0 Å². The molecule has 0 atom stereocenters. The molecule has 7 nitrogen and oxygen atoms in total. The van der Waals surface area contributed by atoms with Gasteiger partial charge in [-0.25, -0.2) is 4.98 Å². The normalized spacial score (nSPS) is 10.9. The number of hydrogen-bond donors (Lipinski definition) is 3. The number of para-hydroxylation sites is 2. The van der Waals surface area contributed by atoms with E-state index < -0.39 is 0 Å². The minimum atomic E-state index is -0.196. The number of H-pyrrole nitrogens is 2. The molecule has 4 aromatic rings. The van der Waals surface area contributed by atoms with E-state index in [2.05, 4.69) is 30.5 Å². The molecule has 0 saturated heterocycles. The number of amides is 1. The zero-order valence-corrected chi connectivity index (χ0v) is 13.4. The number of imidazole rings is 1. The van der Waals surface area contributed by atoms with E-state index in [0.717, 1.165) is 22.4 Å². The van der Waals surface area contributed by atoms with E-state index in [-0.39, 0.29) is 5.91 Å². The summed E-state index contributed by atoms with van der Waals surface area (Å²) in [5.74, 6) is 0.654. The second-order valence-corrected chi connectivity index (χ2v) is 5.62. The number of aromatic amines is 2. The molecule has 124 valence electrons. The highest BCUT2D eigenvalue weighted by Crippen LogP contribution is 2.15. The molecule has 25 heavy (non-hydrogen) atoms. The molecule has 3 aromatic heterocycles. The fourth-order valence-corrected chi connectivity index (χ4v) is 2.61. The predicted octanol–water partition coefficient (Wildman–Crippen LogP) is 2.32. The smallest absolute Gasteiger partial charge is 0.269 e. The van der Waals surface area contributed by atoms with Gasteiger partial charge in [0.25, 0.3) is 5.91 Å². The van der Waals surface area contributed by atoms with Crippen molar-refractivity contribution in [2.75, 3.05) is 6.54 Å². The van der Waals surface area contributed by atoms with E-state index in [1.807, 2.05) is 36.4 Å². The number of carbonyl (C=O) groups is 1. The van der Waals surface area contributed by atoms with E-state index in [1.165, 1.54) is 0 Å². The van der Waals surface area contributed by atoms with Crippen LogP contribution in [-0.2, 0) is 6.42 Å². The Hall–Kier alpha value is -3.48. The third-order valence-electron chi connectivity index (χ3n) is 3.87. The van der Waals surface area contributed by atoms with Gasteiger partial charge in [-0.1, -0.05) is 12.1 Å². The van der Waals surface area contributed by atoms with Gasteiger partial charge in [-0.3, -0.25) is 14.9 Å². The van der Waals surface area contributed by atoms with Crippen molar-refractivity contribution in [2.45, 2.75) is 6.42 Å². The Bertz CT molecular complexity index is 972. The molecule has 3 heterocycles. The first kappa shape index (κ1) is 15.1. The Balaban J connectivity index is 1.37. The fourth-order valence-electron chi connectivity index (χ4n) is 2.61. The molecule has 1 aromatic carbocycles. The number of aromatic nitrogens is 5. The highest BCUT2D eigenvalue weighted by molar-refractivity contribution is 5.93. The number of benzene rings is 1. The molecule has 4 rings (SSSR count). The van der Waals surface area contributed by atoms with E-state index in [1.54, 1.807) is 18.5 Å². The molecule has 0 aliphatic heterocycles. The molecular weight excluding hydrogens is 316 g/mol. The second kappa shape index (κ2) is 6.56. The molecule has 0 saturated carbocycles. The average Bonchev–Trinajstić information content (AvgIpc) is 3.29. The van der Waals surface area contributed by atoms with Crippen LogP contribution in [0.1, 0.15) is 16.3 Å². The largest absolute Gasteiger partial charge is 0.350 e. The topological polar surface area (TPSA) is 99.3 Å². The Morgan fingerprint density at radius 2 is 2.08 bits per heavy atom. The first-order chi connectivity index (χ1) is 12.3. The van der Waals surface area contributed by atoms with Gasteiger partial charge in [-0.2, -0.15) is 5.10 Å². The van der Waals surface area contributed by atoms with Gasteiger partial charge in [0.15, 0.2) is 0 Å². The van der Waals surface area contributed by atoms with Crippen LogP contribution in [0, 0.1) is 0 Å². The van der Waals surface area contributed by atoms with Crippen LogP contribution in [-0.4, -0.2) is 37.6 Å². The Labute approximate surface area is 143 Å². The molecule has 0 fully saturated rings. The van der Waals surface area contributed by atoms with Crippen molar-refractivity contribution in [1.82, 2.24) is 30.5 Å². The molecule has 7 heteroatoms. The molecule has 0 spiro atoms. The number of nitrogens with zero attached hydrogens (tertiary/aromatic N) is 3. The highest BCUT2D eigenvalue weighted by Gasteiger charge is 2.11. The van der Waals surface area contributed by atoms with Crippen LogP contribution in [0.2, 0.25) is 0 Å². The summed E-state index contributed by atoms with van der Waals surface area (Å²) in [5, 5.41) is 9.79. The lowest BCUT2D eigenvalue weighted by Crippen LogP contribution is -2.26. The standard InChI is InChI=1S/C18H16N6O/c25-18(16-10-15(23-24-16)12-4-3-8-19-11-12)20-9-7-17-21-13-5-1-2-6-14(13)22-17/h1-6,8,10-11H,7,9H2,(H,20,25)(H,21,22)(H,23,24). The number of fused-ring (bicyclic) bond motifs is 1. The van der Waals surface area contributed by atoms with E-state index in [4.69, 9.17) is 0 Å². The van der Waals surface area contributed by atoms with Gasteiger partial charge in [0.05, 0.1) is 16.7 Å². The van der Waals surface area contributed by atoms with Crippen LogP contribution in [0.25, 0.3) is 22.3 Å².